The largest absolute Gasteiger partial charge is 0.494 e. The molecule has 2 aliphatic heterocycles. The van der Waals surface area contributed by atoms with E-state index in [2.05, 4.69) is 12.2 Å². The van der Waals surface area contributed by atoms with Crippen molar-refractivity contribution in [2.45, 2.75) is 32.2 Å². The van der Waals surface area contributed by atoms with Crippen LogP contribution in [0.15, 0.2) is 24.3 Å². The van der Waals surface area contributed by atoms with E-state index in [1.807, 2.05) is 29.2 Å². The molecule has 2 saturated heterocycles. The number of rotatable bonds is 4. The zero-order valence-electron chi connectivity index (χ0n) is 12.7. The molecule has 0 bridgehead atoms. The number of likely N-dealkylation sites (tertiary alicyclic amines) is 1. The van der Waals surface area contributed by atoms with Crippen molar-refractivity contribution in [3.05, 3.63) is 29.8 Å². The highest BCUT2D eigenvalue weighted by atomic mass is 16.5. The van der Waals surface area contributed by atoms with Gasteiger partial charge >= 0.3 is 0 Å². The van der Waals surface area contributed by atoms with Crippen molar-refractivity contribution in [3.8, 4) is 5.75 Å². The third-order valence-corrected chi connectivity index (χ3v) is 4.44. The number of piperidine rings is 1. The van der Waals surface area contributed by atoms with Gasteiger partial charge in [-0.05, 0) is 49.9 Å². The average molecular weight is 288 g/mol. The number of hydrogen-bond donors (Lipinski definition) is 1. The van der Waals surface area contributed by atoms with Crippen LogP contribution < -0.4 is 10.1 Å². The lowest BCUT2D eigenvalue weighted by Crippen LogP contribution is -2.41. The number of fused-ring (bicyclic) bond motifs is 1. The van der Waals surface area contributed by atoms with Crippen LogP contribution in [0.25, 0.3) is 0 Å². The van der Waals surface area contributed by atoms with Gasteiger partial charge in [0.1, 0.15) is 5.75 Å². The highest BCUT2D eigenvalue weighted by molar-refractivity contribution is 5.94. The van der Waals surface area contributed by atoms with Crippen molar-refractivity contribution in [1.29, 1.82) is 0 Å². The quantitative estimate of drug-likeness (QED) is 0.924. The Kier molecular flexibility index (Phi) is 4.44. The minimum atomic E-state index is 0.133. The Morgan fingerprint density at radius 1 is 1.43 bits per heavy atom. The maximum Gasteiger partial charge on any atom is 0.254 e. The van der Waals surface area contributed by atoms with Crippen LogP contribution in [0.1, 0.15) is 36.5 Å². The van der Waals surface area contributed by atoms with Crippen LogP contribution in [-0.4, -0.2) is 43.1 Å². The average Bonchev–Trinajstić information content (AvgIpc) is 2.96. The molecule has 2 heterocycles. The van der Waals surface area contributed by atoms with Gasteiger partial charge in [0, 0.05) is 24.7 Å². The van der Waals surface area contributed by atoms with Gasteiger partial charge in [-0.2, -0.15) is 0 Å². The molecule has 1 aromatic carbocycles. The minimum absolute atomic E-state index is 0.133. The summed E-state index contributed by atoms with van der Waals surface area (Å²) in [5.41, 5.74) is 0.738. The topological polar surface area (TPSA) is 41.6 Å². The van der Waals surface area contributed by atoms with E-state index in [0.29, 0.717) is 18.6 Å². The van der Waals surface area contributed by atoms with Crippen molar-refractivity contribution in [3.63, 3.8) is 0 Å². The number of nitrogens with zero attached hydrogens (tertiary/aromatic N) is 1. The number of nitrogens with one attached hydrogen (secondary N) is 1. The molecule has 4 heteroatoms. The predicted octanol–water partition coefficient (Wildman–Crippen LogP) is 2.30. The number of hydrogen-bond acceptors (Lipinski definition) is 3. The van der Waals surface area contributed by atoms with Crippen LogP contribution >= 0.6 is 0 Å². The predicted molar refractivity (Wildman–Crippen MR) is 82.6 cm³/mol. The fourth-order valence-corrected chi connectivity index (χ4v) is 3.33. The summed E-state index contributed by atoms with van der Waals surface area (Å²) < 4.78 is 5.62. The van der Waals surface area contributed by atoms with E-state index in [9.17, 15) is 4.79 Å². The maximum absolute atomic E-state index is 12.7. The van der Waals surface area contributed by atoms with Gasteiger partial charge in [-0.15, -0.1) is 0 Å². The molecule has 21 heavy (non-hydrogen) atoms. The van der Waals surface area contributed by atoms with Crippen LogP contribution in [0, 0.1) is 5.92 Å². The molecule has 1 N–H and O–H groups in total. The standard InChI is InChI=1S/C17H24N2O2/c1-2-9-21-15-7-3-5-13(10-15)17(20)19-11-14-6-4-8-18-16(14)12-19/h3,5,7,10,14,16,18H,2,4,6,8-9,11-12H2,1H3/t14-,16+/m0/s1. The third-order valence-electron chi connectivity index (χ3n) is 4.44. The van der Waals surface area contributed by atoms with Gasteiger partial charge in [-0.1, -0.05) is 13.0 Å². The lowest BCUT2D eigenvalue weighted by Gasteiger charge is -2.24. The number of amides is 1. The zero-order chi connectivity index (χ0) is 14.7. The second-order valence-corrected chi connectivity index (χ2v) is 6.05. The summed E-state index contributed by atoms with van der Waals surface area (Å²) in [5.74, 6) is 1.55. The second-order valence-electron chi connectivity index (χ2n) is 6.05. The van der Waals surface area contributed by atoms with Gasteiger partial charge in [-0.25, -0.2) is 0 Å². The van der Waals surface area contributed by atoms with Gasteiger partial charge in [0.25, 0.3) is 5.91 Å². The lowest BCUT2D eigenvalue weighted by molar-refractivity contribution is 0.0785. The molecular weight excluding hydrogens is 264 g/mol. The van der Waals surface area contributed by atoms with Crippen molar-refractivity contribution in [2.75, 3.05) is 26.2 Å². The molecule has 3 rings (SSSR count). The first-order chi connectivity index (χ1) is 10.3. The van der Waals surface area contributed by atoms with Gasteiger partial charge < -0.3 is 15.0 Å². The molecule has 0 spiro atoms. The molecule has 114 valence electrons. The van der Waals surface area contributed by atoms with Gasteiger partial charge in [-0.3, -0.25) is 4.79 Å². The molecule has 2 aliphatic rings. The molecule has 1 amide bonds. The lowest BCUT2D eigenvalue weighted by atomic mass is 9.94. The molecule has 2 fully saturated rings. The van der Waals surface area contributed by atoms with E-state index < -0.39 is 0 Å². The summed E-state index contributed by atoms with van der Waals surface area (Å²) in [5, 5.41) is 3.54. The van der Waals surface area contributed by atoms with E-state index in [1.165, 1.54) is 12.8 Å². The van der Waals surface area contributed by atoms with Crippen molar-refractivity contribution < 1.29 is 9.53 Å². The Bertz CT molecular complexity index is 489. The smallest absolute Gasteiger partial charge is 0.254 e. The van der Waals surface area contributed by atoms with Crippen molar-refractivity contribution in [2.24, 2.45) is 5.92 Å². The fraction of sp³-hybridized carbons (Fsp3) is 0.588. The molecule has 0 aliphatic carbocycles. The zero-order valence-corrected chi connectivity index (χ0v) is 12.7. The van der Waals surface area contributed by atoms with Crippen molar-refractivity contribution >= 4 is 5.91 Å². The van der Waals surface area contributed by atoms with Crippen LogP contribution in [0.3, 0.4) is 0 Å². The van der Waals surface area contributed by atoms with E-state index in [0.717, 1.165) is 37.4 Å². The molecule has 0 aromatic heterocycles. The molecule has 0 radical (unpaired) electrons. The highest BCUT2D eigenvalue weighted by Crippen LogP contribution is 2.26. The number of ether oxygens (including phenoxy) is 1. The Balaban J connectivity index is 1.67. The van der Waals surface area contributed by atoms with E-state index in [4.69, 9.17) is 4.74 Å². The first-order valence-corrected chi connectivity index (χ1v) is 8.03. The fourth-order valence-electron chi connectivity index (χ4n) is 3.33. The Hall–Kier alpha value is -1.55. The summed E-state index contributed by atoms with van der Waals surface area (Å²) in [4.78, 5) is 14.7. The van der Waals surface area contributed by atoms with Gasteiger partial charge in [0.15, 0.2) is 0 Å². The Morgan fingerprint density at radius 3 is 3.14 bits per heavy atom. The van der Waals surface area contributed by atoms with Gasteiger partial charge in [0.2, 0.25) is 0 Å². The molecule has 0 saturated carbocycles. The highest BCUT2D eigenvalue weighted by Gasteiger charge is 2.36. The van der Waals surface area contributed by atoms with E-state index >= 15 is 0 Å². The SMILES string of the molecule is CCCOc1cccc(C(=O)N2C[C@@H]3CCCN[C@@H]3C2)c1. The minimum Gasteiger partial charge on any atom is -0.494 e. The maximum atomic E-state index is 12.7. The summed E-state index contributed by atoms with van der Waals surface area (Å²) in [6.45, 7) is 5.58. The summed E-state index contributed by atoms with van der Waals surface area (Å²) >= 11 is 0. The monoisotopic (exact) mass is 288 g/mol. The van der Waals surface area contributed by atoms with Crippen LogP contribution in [0.4, 0.5) is 0 Å². The van der Waals surface area contributed by atoms with E-state index in [1.54, 1.807) is 0 Å². The normalized spacial score (nSPS) is 24.7. The van der Waals surface area contributed by atoms with Crippen molar-refractivity contribution in [1.82, 2.24) is 10.2 Å². The number of carbonyl (C=O) groups excluding carboxylic acids is 1. The van der Waals surface area contributed by atoms with E-state index in [-0.39, 0.29) is 5.91 Å². The van der Waals surface area contributed by atoms with Crippen LogP contribution in [-0.2, 0) is 0 Å². The molecule has 0 unspecified atom stereocenters. The molecule has 1 aromatic rings. The Morgan fingerprint density at radius 2 is 2.33 bits per heavy atom. The summed E-state index contributed by atoms with van der Waals surface area (Å²) in [7, 11) is 0. The summed E-state index contributed by atoms with van der Waals surface area (Å²) in [6, 6.07) is 8.06. The Labute approximate surface area is 126 Å². The first-order valence-electron chi connectivity index (χ1n) is 8.03. The number of carbonyl (C=O) groups is 1. The first kappa shape index (κ1) is 14.4. The van der Waals surface area contributed by atoms with Crippen LogP contribution in [0.5, 0.6) is 5.75 Å². The van der Waals surface area contributed by atoms with Crippen LogP contribution in [0.2, 0.25) is 0 Å². The number of benzene rings is 1. The summed E-state index contributed by atoms with van der Waals surface area (Å²) in [6.07, 6.45) is 3.43. The molecule has 2 atom stereocenters. The second kappa shape index (κ2) is 6.48. The van der Waals surface area contributed by atoms with Gasteiger partial charge in [0.05, 0.1) is 6.61 Å². The molecule has 4 nitrogen and oxygen atoms in total. The third kappa shape index (κ3) is 3.21. The molecular formula is C17H24N2O2.